The lowest BCUT2D eigenvalue weighted by atomic mass is 10.0. The van der Waals surface area contributed by atoms with E-state index in [1.54, 1.807) is 31.8 Å². The zero-order valence-electron chi connectivity index (χ0n) is 15.1. The molecule has 0 bridgehead atoms. The first kappa shape index (κ1) is 17.9. The number of carbonyl (C=O) groups is 1. The number of amides is 1. The molecule has 0 aromatic carbocycles. The van der Waals surface area contributed by atoms with E-state index < -0.39 is 0 Å². The predicted molar refractivity (Wildman–Crippen MR) is 108 cm³/mol. The number of rotatable bonds is 5. The summed E-state index contributed by atoms with van der Waals surface area (Å²) in [4.78, 5) is 29.2. The van der Waals surface area contributed by atoms with E-state index in [1.165, 1.54) is 22.0 Å². The fourth-order valence-electron chi connectivity index (χ4n) is 2.89. The van der Waals surface area contributed by atoms with Gasteiger partial charge in [-0.05, 0) is 52.2 Å². The van der Waals surface area contributed by atoms with Crippen LogP contribution in [0, 0.1) is 0 Å². The van der Waals surface area contributed by atoms with E-state index in [1.807, 2.05) is 35.0 Å². The Labute approximate surface area is 165 Å². The van der Waals surface area contributed by atoms with Crippen LogP contribution >= 0.6 is 11.3 Å². The average molecular weight is 391 g/mol. The number of carbonyl (C=O) groups excluding carboxylic acids is 1. The predicted octanol–water partition coefficient (Wildman–Crippen LogP) is 3.70. The van der Waals surface area contributed by atoms with Crippen molar-refractivity contribution in [2.75, 3.05) is 0 Å². The molecule has 7 heteroatoms. The monoisotopic (exact) mass is 391 g/mol. The molecule has 1 N–H and O–H groups in total. The number of hydrogen-bond acceptors (Lipinski definition) is 5. The van der Waals surface area contributed by atoms with Gasteiger partial charge in [-0.25, -0.2) is 0 Å². The standard InChI is InChI=1S/C21H17N3O3S/c1-24-12-17(16(10-20(24)25)15-5-8-28-13-15)21(26)23-11-14-4-6-22-18(9-14)19-3-2-7-27-19/h2-10,12-13H,11H2,1H3,(H,23,26). The van der Waals surface area contributed by atoms with Gasteiger partial charge in [-0.15, -0.1) is 0 Å². The Bertz CT molecular complexity index is 1160. The van der Waals surface area contributed by atoms with Gasteiger partial charge < -0.3 is 14.3 Å². The number of nitrogens with one attached hydrogen (secondary N) is 1. The lowest BCUT2D eigenvalue weighted by molar-refractivity contribution is 0.0950. The molecule has 140 valence electrons. The van der Waals surface area contributed by atoms with Gasteiger partial charge in [0.05, 0.1) is 11.8 Å². The second kappa shape index (κ2) is 7.66. The number of furan rings is 1. The van der Waals surface area contributed by atoms with E-state index >= 15 is 0 Å². The highest BCUT2D eigenvalue weighted by atomic mass is 32.1. The number of pyridine rings is 2. The third-order valence-electron chi connectivity index (χ3n) is 4.36. The van der Waals surface area contributed by atoms with Crippen molar-refractivity contribution in [3.63, 3.8) is 0 Å². The van der Waals surface area contributed by atoms with Crippen LogP contribution in [0.1, 0.15) is 15.9 Å². The summed E-state index contributed by atoms with van der Waals surface area (Å²) in [5, 5.41) is 6.77. The number of nitrogens with zero attached hydrogens (tertiary/aromatic N) is 2. The normalized spacial score (nSPS) is 10.8. The quantitative estimate of drug-likeness (QED) is 0.563. The Morgan fingerprint density at radius 2 is 2.18 bits per heavy atom. The second-order valence-corrected chi connectivity index (χ2v) is 7.05. The lowest BCUT2D eigenvalue weighted by Crippen LogP contribution is -2.26. The molecule has 0 unspecified atom stereocenters. The third kappa shape index (κ3) is 3.65. The maximum absolute atomic E-state index is 12.9. The van der Waals surface area contributed by atoms with Crippen LogP contribution in [-0.2, 0) is 13.6 Å². The number of hydrogen-bond donors (Lipinski definition) is 1. The Balaban J connectivity index is 1.57. The molecular formula is C21H17N3O3S. The van der Waals surface area contributed by atoms with Gasteiger partial charge in [-0.1, -0.05) is 0 Å². The first-order valence-corrected chi connectivity index (χ1v) is 9.56. The molecule has 0 aliphatic carbocycles. The minimum absolute atomic E-state index is 0.157. The van der Waals surface area contributed by atoms with E-state index in [2.05, 4.69) is 10.3 Å². The molecule has 4 aromatic rings. The Hall–Kier alpha value is -3.45. The summed E-state index contributed by atoms with van der Waals surface area (Å²) in [6.45, 7) is 0.334. The number of aromatic nitrogens is 2. The fourth-order valence-corrected chi connectivity index (χ4v) is 3.54. The van der Waals surface area contributed by atoms with Gasteiger partial charge in [0.2, 0.25) is 0 Å². The summed E-state index contributed by atoms with van der Waals surface area (Å²) >= 11 is 1.52. The van der Waals surface area contributed by atoms with Crippen molar-refractivity contribution < 1.29 is 9.21 Å². The molecule has 0 saturated carbocycles. The van der Waals surface area contributed by atoms with Crippen molar-refractivity contribution in [3.05, 3.63) is 87.3 Å². The summed E-state index contributed by atoms with van der Waals surface area (Å²) in [6.07, 6.45) is 4.85. The summed E-state index contributed by atoms with van der Waals surface area (Å²) in [5.41, 5.74) is 3.40. The Morgan fingerprint density at radius 1 is 1.29 bits per heavy atom. The third-order valence-corrected chi connectivity index (χ3v) is 5.04. The van der Waals surface area contributed by atoms with Crippen LogP contribution in [0.25, 0.3) is 22.6 Å². The molecule has 4 heterocycles. The van der Waals surface area contributed by atoms with Gasteiger partial charge >= 0.3 is 0 Å². The molecule has 1 amide bonds. The highest BCUT2D eigenvalue weighted by Gasteiger charge is 2.15. The van der Waals surface area contributed by atoms with Crippen LogP contribution < -0.4 is 10.9 Å². The average Bonchev–Trinajstić information content (AvgIpc) is 3.42. The first-order chi connectivity index (χ1) is 13.6. The minimum Gasteiger partial charge on any atom is -0.463 e. The van der Waals surface area contributed by atoms with Crippen molar-refractivity contribution in [3.8, 4) is 22.6 Å². The fraction of sp³-hybridized carbons (Fsp3) is 0.0952. The lowest BCUT2D eigenvalue weighted by Gasteiger charge is -2.11. The van der Waals surface area contributed by atoms with Crippen LogP contribution in [-0.4, -0.2) is 15.5 Å². The molecule has 28 heavy (non-hydrogen) atoms. The zero-order chi connectivity index (χ0) is 19.5. The highest BCUT2D eigenvalue weighted by molar-refractivity contribution is 7.08. The molecule has 0 radical (unpaired) electrons. The number of aryl methyl sites for hydroxylation is 1. The molecule has 4 rings (SSSR count). The molecule has 0 spiro atoms. The van der Waals surface area contributed by atoms with Crippen LogP contribution in [0.3, 0.4) is 0 Å². The van der Waals surface area contributed by atoms with Crippen molar-refractivity contribution >= 4 is 17.2 Å². The van der Waals surface area contributed by atoms with Crippen molar-refractivity contribution in [2.45, 2.75) is 6.54 Å². The van der Waals surface area contributed by atoms with Gasteiger partial charge in [0.1, 0.15) is 5.69 Å². The van der Waals surface area contributed by atoms with E-state index in [0.29, 0.717) is 29.1 Å². The van der Waals surface area contributed by atoms with Gasteiger partial charge in [0, 0.05) is 37.6 Å². The Kier molecular flexibility index (Phi) is 4.90. The van der Waals surface area contributed by atoms with Crippen molar-refractivity contribution in [1.29, 1.82) is 0 Å². The van der Waals surface area contributed by atoms with E-state index in [4.69, 9.17) is 4.42 Å². The van der Waals surface area contributed by atoms with Gasteiger partial charge in [0.15, 0.2) is 5.76 Å². The molecule has 0 atom stereocenters. The minimum atomic E-state index is -0.242. The summed E-state index contributed by atoms with van der Waals surface area (Å²) in [6, 6.07) is 10.7. The highest BCUT2D eigenvalue weighted by Crippen LogP contribution is 2.25. The SMILES string of the molecule is Cn1cc(C(=O)NCc2ccnc(-c3ccco3)c2)c(-c2ccsc2)cc1=O. The summed E-state index contributed by atoms with van der Waals surface area (Å²) < 4.78 is 6.78. The largest absolute Gasteiger partial charge is 0.463 e. The van der Waals surface area contributed by atoms with Crippen molar-refractivity contribution in [1.82, 2.24) is 14.9 Å². The van der Waals surface area contributed by atoms with Crippen LogP contribution in [0.15, 0.2) is 75.0 Å². The number of thiophene rings is 1. The molecule has 0 aliphatic rings. The molecule has 0 fully saturated rings. The van der Waals surface area contributed by atoms with Gasteiger partial charge in [-0.2, -0.15) is 11.3 Å². The molecule has 4 aromatic heterocycles. The molecule has 6 nitrogen and oxygen atoms in total. The van der Waals surface area contributed by atoms with Crippen LogP contribution in [0.5, 0.6) is 0 Å². The smallest absolute Gasteiger partial charge is 0.253 e. The maximum Gasteiger partial charge on any atom is 0.253 e. The molecule has 0 saturated heterocycles. The van der Waals surface area contributed by atoms with Gasteiger partial charge in [0.25, 0.3) is 11.5 Å². The Morgan fingerprint density at radius 3 is 2.93 bits per heavy atom. The second-order valence-electron chi connectivity index (χ2n) is 6.27. The van der Waals surface area contributed by atoms with E-state index in [9.17, 15) is 9.59 Å². The summed E-state index contributed by atoms with van der Waals surface area (Å²) in [5.74, 6) is 0.430. The van der Waals surface area contributed by atoms with Crippen molar-refractivity contribution in [2.24, 2.45) is 7.05 Å². The topological polar surface area (TPSA) is 77.1 Å². The maximum atomic E-state index is 12.9. The first-order valence-electron chi connectivity index (χ1n) is 8.62. The summed E-state index contributed by atoms with van der Waals surface area (Å²) in [7, 11) is 1.63. The van der Waals surface area contributed by atoms with Crippen LogP contribution in [0.2, 0.25) is 0 Å². The molecule has 0 aliphatic heterocycles. The van der Waals surface area contributed by atoms with E-state index in [-0.39, 0.29) is 11.5 Å². The molecular weight excluding hydrogens is 374 g/mol. The van der Waals surface area contributed by atoms with Crippen LogP contribution in [0.4, 0.5) is 0 Å². The van der Waals surface area contributed by atoms with Gasteiger partial charge in [-0.3, -0.25) is 14.6 Å². The zero-order valence-corrected chi connectivity index (χ0v) is 15.9. The van der Waals surface area contributed by atoms with E-state index in [0.717, 1.165) is 11.1 Å².